The molecule has 0 saturated carbocycles. The Bertz CT molecular complexity index is 1480. The van der Waals surface area contributed by atoms with Crippen molar-refractivity contribution < 1.29 is 13.5 Å². The number of nitrogens with zero attached hydrogens (tertiary/aromatic N) is 3. The van der Waals surface area contributed by atoms with Gasteiger partial charge in [-0.05, 0) is 65.7 Å². The number of benzene rings is 2. The molecule has 0 fully saturated rings. The maximum absolute atomic E-state index is 13.9. The molecule has 0 bridgehead atoms. The summed E-state index contributed by atoms with van der Waals surface area (Å²) in [6, 6.07) is 18.8. The first kappa shape index (κ1) is 23.8. The summed E-state index contributed by atoms with van der Waals surface area (Å²) in [5.41, 5.74) is 7.88. The van der Waals surface area contributed by atoms with Crippen molar-refractivity contribution in [3.63, 3.8) is 0 Å². The lowest BCUT2D eigenvalue weighted by molar-refractivity contribution is 0.199. The number of nitrogens with one attached hydrogen (secondary N) is 1. The van der Waals surface area contributed by atoms with Crippen LogP contribution in [0.5, 0.6) is 0 Å². The Kier molecular flexibility index (Phi) is 6.84. The van der Waals surface area contributed by atoms with Crippen LogP contribution < -0.4 is 5.32 Å². The molecule has 0 aliphatic rings. The number of hydrogen-bond acceptors (Lipinski definition) is 4. The van der Waals surface area contributed by atoms with Crippen LogP contribution in [0.4, 0.5) is 8.78 Å². The number of fused-ring (bicyclic) bond motifs is 1. The molecule has 5 nitrogen and oxygen atoms in total. The largest absolute Gasteiger partial charge is 0.383 e. The molecular formula is C29H26F2N4O. The van der Waals surface area contributed by atoms with Gasteiger partial charge in [0.1, 0.15) is 11.6 Å². The monoisotopic (exact) mass is 484 g/mol. The molecule has 1 N–H and O–H groups in total. The third kappa shape index (κ3) is 4.63. The second kappa shape index (κ2) is 10.4. The Labute approximate surface area is 208 Å². The maximum Gasteiger partial charge on any atom is 0.123 e. The van der Waals surface area contributed by atoms with Gasteiger partial charge in [-0.3, -0.25) is 4.98 Å². The number of aromatic nitrogens is 3. The average Bonchev–Trinajstić information content (AvgIpc) is 3.22. The molecule has 5 aromatic rings. The minimum Gasteiger partial charge on any atom is -0.383 e. The molecule has 7 heteroatoms. The number of pyridine rings is 2. The van der Waals surface area contributed by atoms with Crippen LogP contribution in [0.25, 0.3) is 44.5 Å². The summed E-state index contributed by atoms with van der Waals surface area (Å²) in [5.74, 6) is -0.614. The zero-order chi connectivity index (χ0) is 25.1. The molecule has 0 atom stereocenters. The fourth-order valence-corrected chi connectivity index (χ4v) is 4.51. The molecule has 0 radical (unpaired) electrons. The molecule has 3 heterocycles. The average molecular weight is 485 g/mol. The quantitative estimate of drug-likeness (QED) is 0.275. The van der Waals surface area contributed by atoms with Crippen LogP contribution in [0, 0.1) is 11.6 Å². The summed E-state index contributed by atoms with van der Waals surface area (Å²) in [6.07, 6.45) is 3.47. The van der Waals surface area contributed by atoms with Gasteiger partial charge >= 0.3 is 0 Å². The summed E-state index contributed by atoms with van der Waals surface area (Å²) in [4.78, 5) is 9.28. The SMILES string of the molecule is COCCNCc1cc2nc(-c3ccc(F)cc3)c(-c3ccncc3)c(-c3ccc(F)cc3)c2n1C. The van der Waals surface area contributed by atoms with E-state index in [0.29, 0.717) is 13.2 Å². The second-order valence-corrected chi connectivity index (χ2v) is 8.56. The van der Waals surface area contributed by atoms with Crippen LogP contribution in [-0.4, -0.2) is 34.8 Å². The third-order valence-corrected chi connectivity index (χ3v) is 6.28. The lowest BCUT2D eigenvalue weighted by Gasteiger charge is -2.18. The lowest BCUT2D eigenvalue weighted by atomic mass is 9.90. The van der Waals surface area contributed by atoms with Crippen LogP contribution in [0.15, 0.2) is 79.1 Å². The third-order valence-electron chi connectivity index (χ3n) is 6.28. The van der Waals surface area contributed by atoms with Crippen molar-refractivity contribution >= 4 is 11.0 Å². The Morgan fingerprint density at radius 2 is 1.44 bits per heavy atom. The molecule has 0 aliphatic heterocycles. The zero-order valence-corrected chi connectivity index (χ0v) is 20.1. The molecule has 182 valence electrons. The minimum atomic E-state index is -0.312. The first-order valence-corrected chi connectivity index (χ1v) is 11.7. The van der Waals surface area contributed by atoms with Crippen molar-refractivity contribution in [1.29, 1.82) is 0 Å². The molecule has 3 aromatic heterocycles. The Hall–Kier alpha value is -3.94. The molecule has 5 rings (SSSR count). The fraction of sp³-hybridized carbons (Fsp3) is 0.172. The number of rotatable bonds is 8. The normalized spacial score (nSPS) is 11.3. The van der Waals surface area contributed by atoms with E-state index in [2.05, 4.69) is 20.9 Å². The van der Waals surface area contributed by atoms with Crippen LogP contribution in [-0.2, 0) is 18.3 Å². The van der Waals surface area contributed by atoms with Crippen molar-refractivity contribution in [2.45, 2.75) is 6.54 Å². The van der Waals surface area contributed by atoms with Crippen LogP contribution in [0.1, 0.15) is 5.69 Å². The standard InChI is InChI=1S/C29H26F2N4O/c1-35-24(18-33-15-16-36-2)17-25-29(35)27(19-3-7-22(30)8-4-19)26(20-11-13-32-14-12-20)28(34-25)21-5-9-23(31)10-6-21/h3-14,17,33H,15-16,18H2,1-2H3. The number of hydrogen-bond donors (Lipinski definition) is 1. The Balaban J connectivity index is 1.83. The highest BCUT2D eigenvalue weighted by Gasteiger charge is 2.23. The van der Waals surface area contributed by atoms with Gasteiger partial charge in [-0.1, -0.05) is 12.1 Å². The van der Waals surface area contributed by atoms with Gasteiger partial charge in [0.25, 0.3) is 0 Å². The van der Waals surface area contributed by atoms with Gasteiger partial charge in [0.05, 0.1) is 23.3 Å². The van der Waals surface area contributed by atoms with Gasteiger partial charge < -0.3 is 14.6 Å². The second-order valence-electron chi connectivity index (χ2n) is 8.56. The Morgan fingerprint density at radius 1 is 0.833 bits per heavy atom. The molecule has 0 aliphatic carbocycles. The summed E-state index contributed by atoms with van der Waals surface area (Å²) < 4.78 is 35.0. The first-order chi connectivity index (χ1) is 17.6. The first-order valence-electron chi connectivity index (χ1n) is 11.7. The van der Waals surface area contributed by atoms with Crippen molar-refractivity contribution in [1.82, 2.24) is 19.9 Å². The predicted octanol–water partition coefficient (Wildman–Crippen LogP) is 5.98. The lowest BCUT2D eigenvalue weighted by Crippen LogP contribution is -2.19. The van der Waals surface area contributed by atoms with Gasteiger partial charge in [-0.25, -0.2) is 13.8 Å². The van der Waals surface area contributed by atoms with E-state index in [-0.39, 0.29) is 11.6 Å². The van der Waals surface area contributed by atoms with Crippen molar-refractivity contribution in [2.75, 3.05) is 20.3 Å². The van der Waals surface area contributed by atoms with Gasteiger partial charge in [-0.2, -0.15) is 0 Å². The van der Waals surface area contributed by atoms with Crippen LogP contribution in [0.3, 0.4) is 0 Å². The van der Waals surface area contributed by atoms with Gasteiger partial charge in [0.15, 0.2) is 0 Å². The topological polar surface area (TPSA) is 52.0 Å². The molecule has 0 amide bonds. The van der Waals surface area contributed by atoms with E-state index in [1.165, 1.54) is 24.3 Å². The van der Waals surface area contributed by atoms with Crippen molar-refractivity contribution in [3.8, 4) is 33.5 Å². The van der Waals surface area contributed by atoms with E-state index in [1.807, 2.05) is 19.2 Å². The molecule has 0 unspecified atom stereocenters. The summed E-state index contributed by atoms with van der Waals surface area (Å²) >= 11 is 0. The van der Waals surface area contributed by atoms with Crippen LogP contribution >= 0.6 is 0 Å². The predicted molar refractivity (Wildman–Crippen MR) is 138 cm³/mol. The summed E-state index contributed by atoms with van der Waals surface area (Å²) in [5, 5.41) is 3.40. The zero-order valence-electron chi connectivity index (χ0n) is 20.1. The highest BCUT2D eigenvalue weighted by molar-refractivity contribution is 6.06. The van der Waals surface area contributed by atoms with E-state index < -0.39 is 0 Å². The van der Waals surface area contributed by atoms with Crippen LogP contribution in [0.2, 0.25) is 0 Å². The molecule has 2 aromatic carbocycles. The van der Waals surface area contributed by atoms with Crippen molar-refractivity contribution in [3.05, 3.63) is 96.5 Å². The van der Waals surface area contributed by atoms with E-state index in [0.717, 1.165) is 56.8 Å². The Morgan fingerprint density at radius 3 is 2.08 bits per heavy atom. The summed E-state index contributed by atoms with van der Waals surface area (Å²) in [6.45, 7) is 1.97. The van der Waals surface area contributed by atoms with E-state index in [4.69, 9.17) is 9.72 Å². The minimum absolute atomic E-state index is 0.303. The molecule has 0 spiro atoms. The molecule has 36 heavy (non-hydrogen) atoms. The fourth-order valence-electron chi connectivity index (χ4n) is 4.51. The number of methoxy groups -OCH3 is 1. The van der Waals surface area contributed by atoms with Crippen molar-refractivity contribution in [2.24, 2.45) is 7.05 Å². The number of ether oxygens (including phenoxy) is 1. The van der Waals surface area contributed by atoms with E-state index in [9.17, 15) is 8.78 Å². The maximum atomic E-state index is 13.9. The number of aryl methyl sites for hydroxylation is 1. The van der Waals surface area contributed by atoms with E-state index >= 15 is 0 Å². The molecule has 0 saturated heterocycles. The highest BCUT2D eigenvalue weighted by atomic mass is 19.1. The summed E-state index contributed by atoms with van der Waals surface area (Å²) in [7, 11) is 3.69. The van der Waals surface area contributed by atoms with E-state index in [1.54, 1.807) is 43.8 Å². The van der Waals surface area contributed by atoms with Gasteiger partial charge in [0, 0.05) is 62.0 Å². The van der Waals surface area contributed by atoms with Gasteiger partial charge in [-0.15, -0.1) is 0 Å². The van der Waals surface area contributed by atoms with Gasteiger partial charge in [0.2, 0.25) is 0 Å². The highest BCUT2D eigenvalue weighted by Crippen LogP contribution is 2.43. The smallest absolute Gasteiger partial charge is 0.123 e. The molecular weight excluding hydrogens is 458 g/mol. The number of halogens is 2.